The fraction of sp³-hybridized carbons (Fsp3) is 0.462. The van der Waals surface area contributed by atoms with E-state index in [2.05, 4.69) is 10.3 Å². The number of ketones is 1. The Morgan fingerprint density at radius 3 is 2.32 bits per heavy atom. The summed E-state index contributed by atoms with van der Waals surface area (Å²) in [5.41, 5.74) is 2.05. The summed E-state index contributed by atoms with van der Waals surface area (Å²) in [6.07, 6.45) is 0. The number of aliphatic carboxylic acids is 1. The average Bonchev–Trinajstić information content (AvgIpc) is 2.60. The van der Waals surface area contributed by atoms with Crippen molar-refractivity contribution in [1.82, 2.24) is 10.3 Å². The molecule has 6 nitrogen and oxygen atoms in total. The van der Waals surface area contributed by atoms with Crippen LogP contribution in [0.2, 0.25) is 0 Å². The van der Waals surface area contributed by atoms with Crippen molar-refractivity contribution in [3.63, 3.8) is 0 Å². The van der Waals surface area contributed by atoms with E-state index in [1.807, 2.05) is 0 Å². The van der Waals surface area contributed by atoms with Crippen LogP contribution < -0.4 is 5.32 Å². The van der Waals surface area contributed by atoms with E-state index in [-0.39, 0.29) is 12.3 Å². The minimum absolute atomic E-state index is 0.0427. The van der Waals surface area contributed by atoms with E-state index in [0.29, 0.717) is 22.5 Å². The number of carbonyl (C=O) groups is 3. The molecule has 1 heterocycles. The fourth-order valence-electron chi connectivity index (χ4n) is 1.93. The van der Waals surface area contributed by atoms with E-state index in [1.54, 1.807) is 13.8 Å². The lowest BCUT2D eigenvalue weighted by Crippen LogP contribution is -2.32. The Morgan fingerprint density at radius 1 is 1.32 bits per heavy atom. The molecule has 1 atom stereocenters. The molecular formula is C13H18N2O4. The van der Waals surface area contributed by atoms with Crippen molar-refractivity contribution in [2.75, 3.05) is 6.54 Å². The SMILES string of the molecule is CC(=O)c1c(C)[nH]c(C(=O)NCC(C)C(=O)O)c1C. The first kappa shape index (κ1) is 14.9. The Hall–Kier alpha value is -2.11. The summed E-state index contributed by atoms with van der Waals surface area (Å²) in [5.74, 6) is -2.14. The zero-order valence-electron chi connectivity index (χ0n) is 11.5. The Labute approximate surface area is 111 Å². The van der Waals surface area contributed by atoms with E-state index in [1.165, 1.54) is 13.8 Å². The van der Waals surface area contributed by atoms with E-state index >= 15 is 0 Å². The second kappa shape index (κ2) is 5.69. The second-order valence-electron chi connectivity index (χ2n) is 4.63. The second-order valence-corrected chi connectivity index (χ2v) is 4.63. The van der Waals surface area contributed by atoms with Crippen molar-refractivity contribution in [1.29, 1.82) is 0 Å². The molecule has 0 aromatic carbocycles. The number of rotatable bonds is 5. The van der Waals surface area contributed by atoms with Crippen molar-refractivity contribution in [3.05, 3.63) is 22.5 Å². The molecule has 0 saturated carbocycles. The molecule has 0 aliphatic rings. The smallest absolute Gasteiger partial charge is 0.308 e. The van der Waals surface area contributed by atoms with E-state index in [0.717, 1.165) is 0 Å². The lowest BCUT2D eigenvalue weighted by molar-refractivity contribution is -0.140. The first-order chi connectivity index (χ1) is 8.75. The monoisotopic (exact) mass is 266 g/mol. The first-order valence-electron chi connectivity index (χ1n) is 5.96. The van der Waals surface area contributed by atoms with Crippen LogP contribution in [0, 0.1) is 19.8 Å². The molecule has 3 N–H and O–H groups in total. The molecule has 104 valence electrons. The van der Waals surface area contributed by atoms with Gasteiger partial charge in [0.2, 0.25) is 0 Å². The summed E-state index contributed by atoms with van der Waals surface area (Å²) in [4.78, 5) is 36.9. The highest BCUT2D eigenvalue weighted by atomic mass is 16.4. The van der Waals surface area contributed by atoms with Gasteiger partial charge in [0.15, 0.2) is 5.78 Å². The number of aryl methyl sites for hydroxylation is 1. The molecule has 1 unspecified atom stereocenters. The lowest BCUT2D eigenvalue weighted by Gasteiger charge is -2.08. The van der Waals surface area contributed by atoms with E-state index < -0.39 is 17.8 Å². The van der Waals surface area contributed by atoms with Gasteiger partial charge in [0.05, 0.1) is 5.92 Å². The largest absolute Gasteiger partial charge is 0.481 e. The maximum atomic E-state index is 11.9. The Bertz CT molecular complexity index is 531. The van der Waals surface area contributed by atoms with Crippen molar-refractivity contribution < 1.29 is 19.5 Å². The minimum Gasteiger partial charge on any atom is -0.481 e. The van der Waals surface area contributed by atoms with E-state index in [9.17, 15) is 14.4 Å². The number of hydrogen-bond donors (Lipinski definition) is 3. The number of H-pyrrole nitrogens is 1. The van der Waals surface area contributed by atoms with Gasteiger partial charge >= 0.3 is 5.97 Å². The first-order valence-corrected chi connectivity index (χ1v) is 5.96. The van der Waals surface area contributed by atoms with Crippen molar-refractivity contribution in [3.8, 4) is 0 Å². The summed E-state index contributed by atoms with van der Waals surface area (Å²) < 4.78 is 0. The maximum absolute atomic E-state index is 11.9. The average molecular weight is 266 g/mol. The molecule has 1 aromatic rings. The highest BCUT2D eigenvalue weighted by Gasteiger charge is 2.20. The summed E-state index contributed by atoms with van der Waals surface area (Å²) in [6, 6.07) is 0. The molecule has 0 saturated heterocycles. The summed E-state index contributed by atoms with van der Waals surface area (Å²) in [6.45, 7) is 6.41. The van der Waals surface area contributed by atoms with Crippen LogP contribution in [0.4, 0.5) is 0 Å². The number of hydrogen-bond acceptors (Lipinski definition) is 3. The Kier molecular flexibility index (Phi) is 4.47. The van der Waals surface area contributed by atoms with Crippen molar-refractivity contribution >= 4 is 17.7 Å². The molecule has 1 aromatic heterocycles. The predicted molar refractivity (Wildman–Crippen MR) is 69.4 cm³/mol. The van der Waals surface area contributed by atoms with Crippen LogP contribution >= 0.6 is 0 Å². The normalized spacial score (nSPS) is 12.0. The maximum Gasteiger partial charge on any atom is 0.308 e. The topological polar surface area (TPSA) is 99.3 Å². The lowest BCUT2D eigenvalue weighted by atomic mass is 10.1. The molecule has 6 heteroatoms. The standard InChI is InChI=1S/C13H18N2O4/c1-6(13(18)19)5-14-12(17)11-7(2)10(9(4)16)8(3)15-11/h6,15H,5H2,1-4H3,(H,14,17)(H,18,19). The molecule has 0 bridgehead atoms. The van der Waals surface area contributed by atoms with Crippen LogP contribution in [0.15, 0.2) is 0 Å². The van der Waals surface area contributed by atoms with Crippen molar-refractivity contribution in [2.45, 2.75) is 27.7 Å². The Balaban J connectivity index is 2.87. The minimum atomic E-state index is -0.968. The molecule has 1 rings (SSSR count). The zero-order valence-corrected chi connectivity index (χ0v) is 11.5. The quantitative estimate of drug-likeness (QED) is 0.699. The van der Waals surface area contributed by atoms with Gasteiger partial charge in [-0.05, 0) is 26.3 Å². The fourth-order valence-corrected chi connectivity index (χ4v) is 1.93. The third-order valence-electron chi connectivity index (χ3n) is 3.01. The van der Waals surface area contributed by atoms with Gasteiger partial charge in [-0.25, -0.2) is 0 Å². The van der Waals surface area contributed by atoms with Gasteiger partial charge in [-0.3, -0.25) is 14.4 Å². The number of carboxylic acids is 1. The summed E-state index contributed by atoms with van der Waals surface area (Å²) in [5, 5.41) is 11.3. The van der Waals surface area contributed by atoms with Crippen molar-refractivity contribution in [2.24, 2.45) is 5.92 Å². The highest BCUT2D eigenvalue weighted by Crippen LogP contribution is 2.18. The highest BCUT2D eigenvalue weighted by molar-refractivity contribution is 6.02. The van der Waals surface area contributed by atoms with Gasteiger partial charge in [0.25, 0.3) is 5.91 Å². The molecule has 0 radical (unpaired) electrons. The van der Waals surface area contributed by atoms with Crippen LogP contribution in [-0.4, -0.2) is 34.3 Å². The summed E-state index contributed by atoms with van der Waals surface area (Å²) >= 11 is 0. The van der Waals surface area contributed by atoms with Crippen LogP contribution in [0.3, 0.4) is 0 Å². The molecular weight excluding hydrogens is 248 g/mol. The molecule has 19 heavy (non-hydrogen) atoms. The number of amides is 1. The van der Waals surface area contributed by atoms with Gasteiger partial charge in [-0.1, -0.05) is 6.92 Å². The van der Waals surface area contributed by atoms with Crippen LogP contribution in [0.1, 0.15) is 46.0 Å². The number of Topliss-reactive ketones (excluding diaryl/α,β-unsaturated/α-hetero) is 1. The van der Waals surface area contributed by atoms with Gasteiger partial charge in [-0.2, -0.15) is 0 Å². The van der Waals surface area contributed by atoms with Gasteiger partial charge < -0.3 is 15.4 Å². The molecule has 0 spiro atoms. The van der Waals surface area contributed by atoms with E-state index in [4.69, 9.17) is 5.11 Å². The molecule has 0 aliphatic heterocycles. The number of carboxylic acid groups (broad SMARTS) is 1. The zero-order chi connectivity index (χ0) is 14.7. The third kappa shape index (κ3) is 3.21. The van der Waals surface area contributed by atoms with Crippen LogP contribution in [-0.2, 0) is 4.79 Å². The van der Waals surface area contributed by atoms with Gasteiger partial charge in [0, 0.05) is 17.8 Å². The predicted octanol–water partition coefficient (Wildman–Crippen LogP) is 1.28. The molecule has 0 aliphatic carbocycles. The Morgan fingerprint density at radius 2 is 1.89 bits per heavy atom. The number of carbonyl (C=O) groups excluding carboxylic acids is 2. The van der Waals surface area contributed by atoms with Gasteiger partial charge in [-0.15, -0.1) is 0 Å². The van der Waals surface area contributed by atoms with Crippen LogP contribution in [0.25, 0.3) is 0 Å². The summed E-state index contributed by atoms with van der Waals surface area (Å²) in [7, 11) is 0. The van der Waals surface area contributed by atoms with Gasteiger partial charge in [0.1, 0.15) is 5.69 Å². The molecule has 0 fully saturated rings. The number of nitrogens with one attached hydrogen (secondary N) is 2. The van der Waals surface area contributed by atoms with Crippen LogP contribution in [0.5, 0.6) is 0 Å². The molecule has 1 amide bonds. The third-order valence-corrected chi connectivity index (χ3v) is 3.01. The number of aromatic amines is 1. The number of aromatic nitrogens is 1.